The van der Waals surface area contributed by atoms with Crippen LogP contribution in [0.15, 0.2) is 18.5 Å². The molecule has 2 rings (SSSR count). The van der Waals surface area contributed by atoms with Crippen molar-refractivity contribution in [2.24, 2.45) is 0 Å². The SMILES string of the molecule is O=C(NCc1ncn[nH]1)c1ccc(Cl)s1. The molecule has 0 bridgehead atoms. The van der Waals surface area contributed by atoms with Crippen LogP contribution in [-0.2, 0) is 6.54 Å². The first-order chi connectivity index (χ1) is 7.25. The Hall–Kier alpha value is -1.40. The quantitative estimate of drug-likeness (QED) is 0.856. The van der Waals surface area contributed by atoms with Gasteiger partial charge in [0.05, 0.1) is 15.8 Å². The highest BCUT2D eigenvalue weighted by Gasteiger charge is 2.08. The summed E-state index contributed by atoms with van der Waals surface area (Å²) in [5.41, 5.74) is 0. The average molecular weight is 243 g/mol. The molecule has 0 aliphatic rings. The first-order valence-electron chi connectivity index (χ1n) is 4.13. The van der Waals surface area contributed by atoms with Crippen LogP contribution < -0.4 is 5.32 Å². The van der Waals surface area contributed by atoms with E-state index in [-0.39, 0.29) is 5.91 Å². The molecule has 0 saturated heterocycles. The molecule has 2 heterocycles. The van der Waals surface area contributed by atoms with Crippen LogP contribution in [0.2, 0.25) is 4.34 Å². The van der Waals surface area contributed by atoms with Crippen molar-refractivity contribution in [2.75, 3.05) is 0 Å². The number of hydrogen-bond donors (Lipinski definition) is 2. The lowest BCUT2D eigenvalue weighted by molar-refractivity contribution is 0.0954. The molecule has 0 atom stereocenters. The van der Waals surface area contributed by atoms with Gasteiger partial charge in [0.15, 0.2) is 0 Å². The van der Waals surface area contributed by atoms with E-state index in [0.29, 0.717) is 21.6 Å². The lowest BCUT2D eigenvalue weighted by Gasteiger charge is -1.99. The normalized spacial score (nSPS) is 10.2. The molecule has 0 saturated carbocycles. The maximum absolute atomic E-state index is 11.5. The minimum absolute atomic E-state index is 0.164. The summed E-state index contributed by atoms with van der Waals surface area (Å²) in [5.74, 6) is 0.453. The highest BCUT2D eigenvalue weighted by atomic mass is 35.5. The van der Waals surface area contributed by atoms with Crippen molar-refractivity contribution >= 4 is 28.8 Å². The number of H-pyrrole nitrogens is 1. The van der Waals surface area contributed by atoms with E-state index in [9.17, 15) is 4.79 Å². The summed E-state index contributed by atoms with van der Waals surface area (Å²) in [5, 5.41) is 9.02. The van der Waals surface area contributed by atoms with Crippen LogP contribution in [0.4, 0.5) is 0 Å². The van der Waals surface area contributed by atoms with Gasteiger partial charge in [0.1, 0.15) is 12.2 Å². The van der Waals surface area contributed by atoms with Crippen molar-refractivity contribution in [3.05, 3.63) is 33.5 Å². The third-order valence-corrected chi connectivity index (χ3v) is 2.91. The number of nitrogens with zero attached hydrogens (tertiary/aromatic N) is 2. The van der Waals surface area contributed by atoms with Gasteiger partial charge >= 0.3 is 0 Å². The number of aromatic amines is 1. The first kappa shape index (κ1) is 10.1. The summed E-state index contributed by atoms with van der Waals surface area (Å²) in [7, 11) is 0. The molecule has 2 aromatic heterocycles. The molecule has 0 aromatic carbocycles. The van der Waals surface area contributed by atoms with Crippen LogP contribution in [0.25, 0.3) is 0 Å². The van der Waals surface area contributed by atoms with E-state index in [1.54, 1.807) is 12.1 Å². The maximum Gasteiger partial charge on any atom is 0.261 e. The maximum atomic E-state index is 11.5. The number of aromatic nitrogens is 3. The van der Waals surface area contributed by atoms with E-state index in [2.05, 4.69) is 20.5 Å². The third-order valence-electron chi connectivity index (χ3n) is 1.68. The summed E-state index contributed by atoms with van der Waals surface area (Å²) in [4.78, 5) is 16.0. The zero-order valence-electron chi connectivity index (χ0n) is 7.53. The summed E-state index contributed by atoms with van der Waals surface area (Å²) < 4.78 is 0.597. The van der Waals surface area contributed by atoms with Gasteiger partial charge in [0, 0.05) is 0 Å². The van der Waals surface area contributed by atoms with Gasteiger partial charge in [-0.3, -0.25) is 9.89 Å². The van der Waals surface area contributed by atoms with Gasteiger partial charge < -0.3 is 5.32 Å². The molecule has 0 aliphatic carbocycles. The van der Waals surface area contributed by atoms with Gasteiger partial charge in [-0.05, 0) is 12.1 Å². The van der Waals surface area contributed by atoms with Gasteiger partial charge in [0.25, 0.3) is 5.91 Å². The second-order valence-corrected chi connectivity index (χ2v) is 4.43. The predicted octanol–water partition coefficient (Wildman–Crippen LogP) is 1.45. The number of nitrogens with one attached hydrogen (secondary N) is 2. The summed E-state index contributed by atoms with van der Waals surface area (Å²) in [6.07, 6.45) is 1.39. The molecular weight excluding hydrogens is 236 g/mol. The van der Waals surface area contributed by atoms with Crippen LogP contribution in [-0.4, -0.2) is 21.1 Å². The van der Waals surface area contributed by atoms with E-state index in [0.717, 1.165) is 0 Å². The van der Waals surface area contributed by atoms with Gasteiger partial charge in [0.2, 0.25) is 0 Å². The van der Waals surface area contributed by atoms with Crippen molar-refractivity contribution in [1.82, 2.24) is 20.5 Å². The second-order valence-electron chi connectivity index (χ2n) is 2.72. The number of amides is 1. The van der Waals surface area contributed by atoms with E-state index in [1.165, 1.54) is 17.7 Å². The van der Waals surface area contributed by atoms with E-state index in [4.69, 9.17) is 11.6 Å². The van der Waals surface area contributed by atoms with Gasteiger partial charge in [-0.25, -0.2) is 4.98 Å². The Morgan fingerprint density at radius 2 is 2.47 bits per heavy atom. The number of carbonyl (C=O) groups is 1. The van der Waals surface area contributed by atoms with Crippen LogP contribution in [0.3, 0.4) is 0 Å². The highest BCUT2D eigenvalue weighted by molar-refractivity contribution is 7.17. The fraction of sp³-hybridized carbons (Fsp3) is 0.125. The molecule has 0 spiro atoms. The van der Waals surface area contributed by atoms with Gasteiger partial charge in [-0.1, -0.05) is 11.6 Å². The number of carbonyl (C=O) groups excluding carboxylic acids is 1. The number of rotatable bonds is 3. The molecule has 0 aliphatic heterocycles. The smallest absolute Gasteiger partial charge is 0.261 e. The number of thiophene rings is 1. The Bertz CT molecular complexity index is 453. The van der Waals surface area contributed by atoms with Crippen molar-refractivity contribution < 1.29 is 4.79 Å². The standard InChI is InChI=1S/C8H7ClN4OS/c9-6-2-1-5(15-6)8(14)10-3-7-11-4-12-13-7/h1-2,4H,3H2,(H,10,14)(H,11,12,13). The van der Waals surface area contributed by atoms with Gasteiger partial charge in [-0.2, -0.15) is 5.10 Å². The van der Waals surface area contributed by atoms with E-state index < -0.39 is 0 Å². The highest BCUT2D eigenvalue weighted by Crippen LogP contribution is 2.21. The lowest BCUT2D eigenvalue weighted by Crippen LogP contribution is -2.22. The van der Waals surface area contributed by atoms with Gasteiger partial charge in [-0.15, -0.1) is 11.3 Å². The molecule has 15 heavy (non-hydrogen) atoms. The molecule has 0 fully saturated rings. The van der Waals surface area contributed by atoms with Crippen LogP contribution in [0.5, 0.6) is 0 Å². The minimum atomic E-state index is -0.164. The Morgan fingerprint density at radius 1 is 1.60 bits per heavy atom. The van der Waals surface area contributed by atoms with Crippen molar-refractivity contribution in [3.63, 3.8) is 0 Å². The second kappa shape index (κ2) is 4.41. The average Bonchev–Trinajstić information content (AvgIpc) is 2.84. The third kappa shape index (κ3) is 2.54. The van der Waals surface area contributed by atoms with Crippen molar-refractivity contribution in [3.8, 4) is 0 Å². The summed E-state index contributed by atoms with van der Waals surface area (Å²) >= 11 is 6.95. The Morgan fingerprint density at radius 3 is 3.07 bits per heavy atom. The number of halogens is 1. The Labute approximate surface area is 94.5 Å². The molecule has 0 unspecified atom stereocenters. The Kier molecular flexibility index (Phi) is 2.98. The fourth-order valence-electron chi connectivity index (χ4n) is 1.00. The van der Waals surface area contributed by atoms with Crippen LogP contribution in [0, 0.1) is 0 Å². The molecule has 2 N–H and O–H groups in total. The largest absolute Gasteiger partial charge is 0.344 e. The Balaban J connectivity index is 1.93. The molecule has 7 heteroatoms. The van der Waals surface area contributed by atoms with Crippen LogP contribution in [0.1, 0.15) is 15.5 Å². The lowest BCUT2D eigenvalue weighted by atomic mass is 10.4. The topological polar surface area (TPSA) is 70.7 Å². The van der Waals surface area contributed by atoms with Crippen LogP contribution >= 0.6 is 22.9 Å². The van der Waals surface area contributed by atoms with E-state index >= 15 is 0 Å². The molecule has 0 radical (unpaired) electrons. The zero-order valence-corrected chi connectivity index (χ0v) is 9.10. The monoisotopic (exact) mass is 242 g/mol. The van der Waals surface area contributed by atoms with Crippen molar-refractivity contribution in [2.45, 2.75) is 6.54 Å². The molecule has 1 amide bonds. The first-order valence-corrected chi connectivity index (χ1v) is 5.33. The van der Waals surface area contributed by atoms with E-state index in [1.807, 2.05) is 0 Å². The minimum Gasteiger partial charge on any atom is -0.344 e. The molecular formula is C8H7ClN4OS. The zero-order chi connectivity index (χ0) is 10.7. The summed E-state index contributed by atoms with van der Waals surface area (Å²) in [6.45, 7) is 0.328. The van der Waals surface area contributed by atoms with Crippen molar-refractivity contribution in [1.29, 1.82) is 0 Å². The molecule has 2 aromatic rings. The predicted molar refractivity (Wildman–Crippen MR) is 56.9 cm³/mol. The summed E-state index contributed by atoms with van der Waals surface area (Å²) in [6, 6.07) is 3.37. The molecule has 78 valence electrons. The number of hydrogen-bond acceptors (Lipinski definition) is 4. The fourth-order valence-corrected chi connectivity index (χ4v) is 1.96. The molecule has 5 nitrogen and oxygen atoms in total.